The van der Waals surface area contributed by atoms with Crippen molar-refractivity contribution in [3.8, 4) is 11.5 Å². The number of nitrogens with zero attached hydrogens (tertiary/aromatic N) is 2. The Morgan fingerprint density at radius 2 is 2.20 bits per heavy atom. The van der Waals surface area contributed by atoms with E-state index < -0.39 is 5.85 Å². The van der Waals surface area contributed by atoms with Gasteiger partial charge in [-0.3, -0.25) is 4.98 Å². The maximum absolute atomic E-state index is 13.1. The summed E-state index contributed by atoms with van der Waals surface area (Å²) in [7, 11) is 0. The van der Waals surface area contributed by atoms with Crippen molar-refractivity contribution in [2.24, 2.45) is 0 Å². The van der Waals surface area contributed by atoms with Gasteiger partial charge in [-0.2, -0.15) is 0 Å². The van der Waals surface area contributed by atoms with E-state index in [0.717, 1.165) is 6.92 Å². The lowest BCUT2D eigenvalue weighted by Crippen LogP contribution is -2.13. The highest BCUT2D eigenvalue weighted by Gasteiger charge is 2.21. The summed E-state index contributed by atoms with van der Waals surface area (Å²) in [6.45, 7) is 1.05. The molecule has 0 amide bonds. The second-order valence-corrected chi connectivity index (χ2v) is 3.25. The van der Waals surface area contributed by atoms with Gasteiger partial charge in [0, 0.05) is 11.8 Å². The minimum absolute atomic E-state index is 0.103. The average molecular weight is 208 g/mol. The fourth-order valence-corrected chi connectivity index (χ4v) is 1.15. The molecule has 0 bridgehead atoms. The Bertz CT molecular complexity index is 431. The van der Waals surface area contributed by atoms with E-state index in [0.29, 0.717) is 11.5 Å². The van der Waals surface area contributed by atoms with E-state index in [1.54, 1.807) is 6.07 Å². The lowest BCUT2D eigenvalue weighted by Gasteiger charge is -2.12. The molecule has 78 valence electrons. The fourth-order valence-electron chi connectivity index (χ4n) is 1.15. The van der Waals surface area contributed by atoms with Crippen LogP contribution in [0.5, 0.6) is 0 Å². The number of oxazole rings is 1. The lowest BCUT2D eigenvalue weighted by atomic mass is 10.1. The minimum Gasteiger partial charge on any atom is -0.442 e. The number of halogens is 1. The van der Waals surface area contributed by atoms with E-state index in [9.17, 15) is 4.39 Å². The number of rotatable bonds is 2. The molecule has 5 heteroatoms. The first-order valence-corrected chi connectivity index (χ1v) is 4.34. The van der Waals surface area contributed by atoms with Crippen LogP contribution in [-0.4, -0.2) is 15.1 Å². The molecule has 4 nitrogen and oxygen atoms in total. The maximum Gasteiger partial charge on any atom is 0.231 e. The van der Waals surface area contributed by atoms with Gasteiger partial charge in [0.2, 0.25) is 5.85 Å². The van der Waals surface area contributed by atoms with Gasteiger partial charge in [-0.1, -0.05) is 0 Å². The van der Waals surface area contributed by atoms with Crippen molar-refractivity contribution >= 4 is 0 Å². The SMILES string of the molecule is CC(O)(F)c1ccc(-c2cnco2)nc1. The summed E-state index contributed by atoms with van der Waals surface area (Å²) in [6, 6.07) is 3.01. The first kappa shape index (κ1) is 9.79. The van der Waals surface area contributed by atoms with E-state index in [1.807, 2.05) is 0 Å². The molecule has 0 aromatic carbocycles. The zero-order valence-corrected chi connectivity index (χ0v) is 8.01. The molecule has 0 saturated carbocycles. The van der Waals surface area contributed by atoms with Gasteiger partial charge in [-0.05, 0) is 19.1 Å². The quantitative estimate of drug-likeness (QED) is 0.818. The highest BCUT2D eigenvalue weighted by molar-refractivity contribution is 5.50. The van der Waals surface area contributed by atoms with Gasteiger partial charge < -0.3 is 9.52 Å². The van der Waals surface area contributed by atoms with Crippen molar-refractivity contribution in [2.45, 2.75) is 12.8 Å². The van der Waals surface area contributed by atoms with Gasteiger partial charge in [-0.25, -0.2) is 9.37 Å². The second kappa shape index (κ2) is 3.43. The van der Waals surface area contributed by atoms with Crippen molar-refractivity contribution in [3.05, 3.63) is 36.5 Å². The van der Waals surface area contributed by atoms with Gasteiger partial charge in [0.25, 0.3) is 0 Å². The van der Waals surface area contributed by atoms with E-state index >= 15 is 0 Å². The van der Waals surface area contributed by atoms with Gasteiger partial charge in [0.1, 0.15) is 5.69 Å². The molecule has 0 fully saturated rings. The Morgan fingerprint density at radius 3 is 2.67 bits per heavy atom. The minimum atomic E-state index is -2.37. The van der Waals surface area contributed by atoms with Crippen molar-refractivity contribution < 1.29 is 13.9 Å². The Labute approximate surface area is 85.4 Å². The number of alkyl halides is 1. The third kappa shape index (κ3) is 2.02. The first-order valence-electron chi connectivity index (χ1n) is 4.34. The number of hydrogen-bond donors (Lipinski definition) is 1. The summed E-state index contributed by atoms with van der Waals surface area (Å²) < 4.78 is 18.1. The van der Waals surface area contributed by atoms with Gasteiger partial charge in [0.05, 0.1) is 6.20 Å². The van der Waals surface area contributed by atoms with Crippen LogP contribution in [0.1, 0.15) is 12.5 Å². The fraction of sp³-hybridized carbons (Fsp3) is 0.200. The summed E-state index contributed by atoms with van der Waals surface area (Å²) in [6.07, 6.45) is 4.06. The maximum atomic E-state index is 13.1. The number of hydrogen-bond acceptors (Lipinski definition) is 4. The van der Waals surface area contributed by atoms with Gasteiger partial charge in [-0.15, -0.1) is 0 Å². The molecular formula is C10H9FN2O2. The molecule has 0 spiro atoms. The Hall–Kier alpha value is -1.75. The van der Waals surface area contributed by atoms with E-state index in [4.69, 9.17) is 9.52 Å². The molecule has 0 aliphatic heterocycles. The zero-order valence-electron chi connectivity index (χ0n) is 8.01. The molecule has 2 aromatic rings. The molecular weight excluding hydrogens is 199 g/mol. The molecule has 2 aromatic heterocycles. The topological polar surface area (TPSA) is 59.2 Å². The van der Waals surface area contributed by atoms with Crippen molar-refractivity contribution in [3.63, 3.8) is 0 Å². The molecule has 0 aliphatic carbocycles. The molecule has 2 heterocycles. The Kier molecular flexibility index (Phi) is 2.24. The summed E-state index contributed by atoms with van der Waals surface area (Å²) >= 11 is 0. The highest BCUT2D eigenvalue weighted by atomic mass is 19.2. The normalized spacial score (nSPS) is 14.9. The van der Waals surface area contributed by atoms with Crippen LogP contribution >= 0.6 is 0 Å². The smallest absolute Gasteiger partial charge is 0.231 e. The Balaban J connectivity index is 2.33. The largest absolute Gasteiger partial charge is 0.442 e. The van der Waals surface area contributed by atoms with E-state index in [1.165, 1.54) is 24.9 Å². The van der Waals surface area contributed by atoms with Crippen LogP contribution in [0.3, 0.4) is 0 Å². The van der Waals surface area contributed by atoms with Gasteiger partial charge >= 0.3 is 0 Å². The monoisotopic (exact) mass is 208 g/mol. The summed E-state index contributed by atoms with van der Waals surface area (Å²) in [5.74, 6) is -1.87. The van der Waals surface area contributed by atoms with Crippen LogP contribution in [0.25, 0.3) is 11.5 Å². The Morgan fingerprint density at radius 1 is 1.40 bits per heavy atom. The molecule has 0 aliphatic rings. The van der Waals surface area contributed by atoms with Crippen LogP contribution in [0.2, 0.25) is 0 Å². The number of pyridine rings is 1. The molecule has 0 saturated heterocycles. The van der Waals surface area contributed by atoms with E-state index in [2.05, 4.69) is 9.97 Å². The van der Waals surface area contributed by atoms with Crippen LogP contribution in [0, 0.1) is 0 Å². The molecule has 2 rings (SSSR count). The van der Waals surface area contributed by atoms with Crippen LogP contribution < -0.4 is 0 Å². The predicted octanol–water partition coefficient (Wildman–Crippen LogP) is 1.87. The third-order valence-electron chi connectivity index (χ3n) is 1.98. The first-order chi connectivity index (χ1) is 7.07. The number of aromatic nitrogens is 2. The highest BCUT2D eigenvalue weighted by Crippen LogP contribution is 2.23. The zero-order chi connectivity index (χ0) is 10.9. The molecule has 0 radical (unpaired) electrons. The van der Waals surface area contributed by atoms with Crippen molar-refractivity contribution in [2.75, 3.05) is 0 Å². The van der Waals surface area contributed by atoms with Crippen molar-refractivity contribution in [1.82, 2.24) is 9.97 Å². The lowest BCUT2D eigenvalue weighted by molar-refractivity contribution is -0.0771. The second-order valence-electron chi connectivity index (χ2n) is 3.25. The molecule has 1 unspecified atom stereocenters. The van der Waals surface area contributed by atoms with Crippen LogP contribution in [-0.2, 0) is 5.85 Å². The standard InChI is InChI=1S/C10H9FN2O2/c1-10(11,14)7-2-3-8(13-4-7)9-5-12-6-15-9/h2-6,14H,1H3. The van der Waals surface area contributed by atoms with Crippen LogP contribution in [0.15, 0.2) is 35.3 Å². The van der Waals surface area contributed by atoms with Crippen molar-refractivity contribution in [1.29, 1.82) is 0 Å². The number of aliphatic hydroxyl groups is 1. The van der Waals surface area contributed by atoms with E-state index in [-0.39, 0.29) is 5.56 Å². The summed E-state index contributed by atoms with van der Waals surface area (Å²) in [4.78, 5) is 7.69. The van der Waals surface area contributed by atoms with Gasteiger partial charge in [0.15, 0.2) is 12.2 Å². The van der Waals surface area contributed by atoms with Crippen LogP contribution in [0.4, 0.5) is 4.39 Å². The predicted molar refractivity (Wildman–Crippen MR) is 50.4 cm³/mol. The summed E-state index contributed by atoms with van der Waals surface area (Å²) in [5, 5.41) is 9.07. The third-order valence-corrected chi connectivity index (χ3v) is 1.98. The average Bonchev–Trinajstić information content (AvgIpc) is 2.69. The molecule has 1 N–H and O–H groups in total. The molecule has 1 atom stereocenters. The molecule has 15 heavy (non-hydrogen) atoms. The summed E-state index contributed by atoms with van der Waals surface area (Å²) in [5.41, 5.74) is 0.645.